The van der Waals surface area contributed by atoms with E-state index >= 15 is 0 Å². The molecule has 0 unspecified atom stereocenters. The zero-order valence-corrected chi connectivity index (χ0v) is 10.0. The summed E-state index contributed by atoms with van der Waals surface area (Å²) in [5.41, 5.74) is 4.87. The molecule has 2 heteroatoms. The van der Waals surface area contributed by atoms with Gasteiger partial charge >= 0.3 is 0 Å². The van der Waals surface area contributed by atoms with Crippen molar-refractivity contribution in [2.45, 2.75) is 19.3 Å². The van der Waals surface area contributed by atoms with Gasteiger partial charge in [-0.1, -0.05) is 49.7 Å². The molecular weight excluding hydrogens is 218 g/mol. The Hall–Kier alpha value is -1.34. The Bertz CT molecular complexity index is 573. The number of hydrogen-bond donors (Lipinski definition) is 0. The highest BCUT2D eigenvalue weighted by Crippen LogP contribution is 2.47. The Morgan fingerprint density at radius 2 is 1.75 bits per heavy atom. The van der Waals surface area contributed by atoms with Gasteiger partial charge in [-0.25, -0.2) is 4.98 Å². The highest BCUT2D eigenvalue weighted by atomic mass is 35.5. The highest BCUT2D eigenvalue weighted by Gasteiger charge is 2.36. The van der Waals surface area contributed by atoms with Crippen LogP contribution in [0.3, 0.4) is 0 Å². The number of halogens is 1. The number of nitrogens with zero attached hydrogens (tertiary/aromatic N) is 1. The van der Waals surface area contributed by atoms with Gasteiger partial charge in [0.05, 0.1) is 5.69 Å². The minimum atomic E-state index is -0.0448. The molecular formula is C14H12ClN. The molecule has 0 fully saturated rings. The molecule has 0 aliphatic heterocycles. The minimum Gasteiger partial charge on any atom is -0.240 e. The van der Waals surface area contributed by atoms with Gasteiger partial charge in [-0.05, 0) is 23.3 Å². The van der Waals surface area contributed by atoms with E-state index in [1.807, 2.05) is 6.07 Å². The van der Waals surface area contributed by atoms with Crippen LogP contribution in [-0.4, -0.2) is 4.98 Å². The predicted molar refractivity (Wildman–Crippen MR) is 66.8 cm³/mol. The topological polar surface area (TPSA) is 12.9 Å². The summed E-state index contributed by atoms with van der Waals surface area (Å²) < 4.78 is 0. The summed E-state index contributed by atoms with van der Waals surface area (Å²) >= 11 is 5.98. The van der Waals surface area contributed by atoms with E-state index in [0.717, 1.165) is 5.69 Å². The first kappa shape index (κ1) is 9.86. The van der Waals surface area contributed by atoms with E-state index in [0.29, 0.717) is 5.15 Å². The van der Waals surface area contributed by atoms with E-state index in [2.05, 4.69) is 49.2 Å². The highest BCUT2D eigenvalue weighted by molar-refractivity contribution is 6.29. The van der Waals surface area contributed by atoms with Crippen molar-refractivity contribution in [3.05, 3.63) is 52.8 Å². The molecule has 0 spiro atoms. The molecule has 0 bridgehead atoms. The van der Waals surface area contributed by atoms with Crippen molar-refractivity contribution >= 4 is 11.6 Å². The maximum Gasteiger partial charge on any atom is 0.129 e. The van der Waals surface area contributed by atoms with E-state index in [1.165, 1.54) is 16.7 Å². The summed E-state index contributed by atoms with van der Waals surface area (Å²) in [6.45, 7) is 4.39. The second-order valence-electron chi connectivity index (χ2n) is 4.70. The average molecular weight is 230 g/mol. The van der Waals surface area contributed by atoms with Crippen molar-refractivity contribution < 1.29 is 0 Å². The first-order valence-corrected chi connectivity index (χ1v) is 5.75. The first-order chi connectivity index (χ1) is 7.60. The summed E-state index contributed by atoms with van der Waals surface area (Å²) in [6, 6.07) is 12.4. The lowest BCUT2D eigenvalue weighted by Crippen LogP contribution is -2.16. The van der Waals surface area contributed by atoms with E-state index < -0.39 is 0 Å². The fourth-order valence-corrected chi connectivity index (χ4v) is 2.67. The Balaban J connectivity index is 2.39. The Labute approximate surface area is 100 Å². The fraction of sp³-hybridized carbons (Fsp3) is 0.214. The SMILES string of the molecule is CC1(C)c2ccccc2-c2ccc(Cl)nc21. The Morgan fingerprint density at radius 3 is 2.56 bits per heavy atom. The van der Waals surface area contributed by atoms with Crippen molar-refractivity contribution in [3.8, 4) is 11.1 Å². The molecule has 1 aromatic heterocycles. The van der Waals surface area contributed by atoms with E-state index in [4.69, 9.17) is 11.6 Å². The number of aromatic nitrogens is 1. The van der Waals surface area contributed by atoms with Crippen LogP contribution in [0.4, 0.5) is 0 Å². The monoisotopic (exact) mass is 229 g/mol. The van der Waals surface area contributed by atoms with Crippen LogP contribution in [0, 0.1) is 0 Å². The van der Waals surface area contributed by atoms with Crippen LogP contribution in [0.15, 0.2) is 36.4 Å². The molecule has 1 aliphatic rings. The quantitative estimate of drug-likeness (QED) is 0.622. The van der Waals surface area contributed by atoms with E-state index in [-0.39, 0.29) is 5.41 Å². The molecule has 16 heavy (non-hydrogen) atoms. The van der Waals surface area contributed by atoms with E-state index in [1.54, 1.807) is 0 Å². The molecule has 0 N–H and O–H groups in total. The zero-order valence-electron chi connectivity index (χ0n) is 9.29. The molecule has 0 saturated heterocycles. The second-order valence-corrected chi connectivity index (χ2v) is 5.09. The third kappa shape index (κ3) is 1.15. The standard InChI is InChI=1S/C14H12ClN/c1-14(2)11-6-4-3-5-9(11)10-7-8-12(15)16-13(10)14/h3-8H,1-2H3. The Kier molecular flexibility index (Phi) is 1.90. The van der Waals surface area contributed by atoms with Gasteiger partial charge in [0.2, 0.25) is 0 Å². The van der Waals surface area contributed by atoms with Crippen molar-refractivity contribution in [1.82, 2.24) is 4.98 Å². The van der Waals surface area contributed by atoms with Crippen LogP contribution in [0.1, 0.15) is 25.1 Å². The van der Waals surface area contributed by atoms with Crippen molar-refractivity contribution in [2.24, 2.45) is 0 Å². The van der Waals surface area contributed by atoms with Crippen LogP contribution in [-0.2, 0) is 5.41 Å². The molecule has 1 aromatic carbocycles. The molecule has 1 heterocycles. The smallest absolute Gasteiger partial charge is 0.129 e. The predicted octanol–water partition coefficient (Wildman–Crippen LogP) is 4.04. The van der Waals surface area contributed by atoms with E-state index in [9.17, 15) is 0 Å². The van der Waals surface area contributed by atoms with Gasteiger partial charge in [0.25, 0.3) is 0 Å². The largest absolute Gasteiger partial charge is 0.240 e. The molecule has 3 rings (SSSR count). The number of hydrogen-bond acceptors (Lipinski definition) is 1. The third-order valence-electron chi connectivity index (χ3n) is 3.34. The number of rotatable bonds is 0. The number of benzene rings is 1. The van der Waals surface area contributed by atoms with Crippen LogP contribution in [0.5, 0.6) is 0 Å². The van der Waals surface area contributed by atoms with Crippen molar-refractivity contribution in [2.75, 3.05) is 0 Å². The molecule has 2 aromatic rings. The maximum absolute atomic E-state index is 5.98. The normalized spacial score (nSPS) is 15.7. The molecule has 0 radical (unpaired) electrons. The van der Waals surface area contributed by atoms with Gasteiger partial charge in [-0.3, -0.25) is 0 Å². The summed E-state index contributed by atoms with van der Waals surface area (Å²) in [5, 5.41) is 0.569. The molecule has 0 saturated carbocycles. The van der Waals surface area contributed by atoms with Crippen molar-refractivity contribution in [3.63, 3.8) is 0 Å². The molecule has 0 atom stereocenters. The number of fused-ring (bicyclic) bond motifs is 3. The first-order valence-electron chi connectivity index (χ1n) is 5.37. The van der Waals surface area contributed by atoms with Crippen LogP contribution in [0.2, 0.25) is 5.15 Å². The van der Waals surface area contributed by atoms with Gasteiger partial charge in [0.1, 0.15) is 5.15 Å². The van der Waals surface area contributed by atoms with Crippen molar-refractivity contribution in [1.29, 1.82) is 0 Å². The fourth-order valence-electron chi connectivity index (χ4n) is 2.52. The Morgan fingerprint density at radius 1 is 1.00 bits per heavy atom. The lowest BCUT2D eigenvalue weighted by atomic mass is 9.85. The summed E-state index contributed by atoms with van der Waals surface area (Å²) in [4.78, 5) is 4.49. The summed E-state index contributed by atoms with van der Waals surface area (Å²) in [5.74, 6) is 0. The van der Waals surface area contributed by atoms with Gasteiger partial charge < -0.3 is 0 Å². The lowest BCUT2D eigenvalue weighted by Gasteiger charge is -2.19. The minimum absolute atomic E-state index is 0.0448. The maximum atomic E-state index is 5.98. The van der Waals surface area contributed by atoms with Gasteiger partial charge in [0, 0.05) is 11.0 Å². The average Bonchev–Trinajstić information content (AvgIpc) is 2.49. The lowest BCUT2D eigenvalue weighted by molar-refractivity contribution is 0.637. The molecule has 1 aliphatic carbocycles. The zero-order chi connectivity index (χ0) is 11.3. The van der Waals surface area contributed by atoms with Gasteiger partial charge in [-0.2, -0.15) is 0 Å². The van der Waals surface area contributed by atoms with Crippen LogP contribution >= 0.6 is 11.6 Å². The van der Waals surface area contributed by atoms with Gasteiger partial charge in [-0.15, -0.1) is 0 Å². The molecule has 1 nitrogen and oxygen atoms in total. The second kappa shape index (κ2) is 3.08. The van der Waals surface area contributed by atoms with Crippen LogP contribution in [0.25, 0.3) is 11.1 Å². The molecule has 80 valence electrons. The summed E-state index contributed by atoms with van der Waals surface area (Å²) in [7, 11) is 0. The molecule has 0 amide bonds. The number of pyridine rings is 1. The summed E-state index contributed by atoms with van der Waals surface area (Å²) in [6.07, 6.45) is 0. The third-order valence-corrected chi connectivity index (χ3v) is 3.55. The van der Waals surface area contributed by atoms with Gasteiger partial charge in [0.15, 0.2) is 0 Å². The van der Waals surface area contributed by atoms with Crippen LogP contribution < -0.4 is 0 Å².